The number of benzene rings is 2. The van der Waals surface area contributed by atoms with Gasteiger partial charge in [0.15, 0.2) is 0 Å². The fourth-order valence-electron chi connectivity index (χ4n) is 1.79. The van der Waals surface area contributed by atoms with Crippen molar-refractivity contribution >= 4 is 33.4 Å². The molecule has 0 fully saturated rings. The molecule has 1 N–H and O–H groups in total. The molecule has 0 radical (unpaired) electrons. The van der Waals surface area contributed by atoms with Crippen LogP contribution in [0.2, 0.25) is 0 Å². The second-order valence-electron chi connectivity index (χ2n) is 4.46. The molecule has 22 heavy (non-hydrogen) atoms. The normalized spacial score (nSPS) is 11.1. The maximum absolute atomic E-state index is 12.5. The van der Waals surface area contributed by atoms with Crippen LogP contribution in [-0.2, 0) is 14.8 Å². The Hall–Kier alpha value is -1.99. The minimum Gasteiger partial charge on any atom is -0.481 e. The monoisotopic (exact) mass is 337 g/mol. The number of hydrogen-bond donors (Lipinski definition) is 1. The van der Waals surface area contributed by atoms with Crippen LogP contribution in [0.25, 0.3) is 0 Å². The predicted octanol–water partition coefficient (Wildman–Crippen LogP) is 2.69. The van der Waals surface area contributed by atoms with E-state index >= 15 is 0 Å². The summed E-state index contributed by atoms with van der Waals surface area (Å²) in [5.41, 5.74) is 0.576. The molecule has 0 aliphatic rings. The van der Waals surface area contributed by atoms with Crippen LogP contribution in [0.4, 0.5) is 5.69 Å². The van der Waals surface area contributed by atoms with Crippen molar-refractivity contribution in [3.05, 3.63) is 54.6 Å². The Kier molecular flexibility index (Phi) is 5.10. The summed E-state index contributed by atoms with van der Waals surface area (Å²) in [6, 6.07) is 15.0. The number of para-hydroxylation sites is 1. The van der Waals surface area contributed by atoms with Crippen LogP contribution in [0.1, 0.15) is 0 Å². The number of carbonyl (C=O) groups is 1. The number of rotatable bonds is 6. The number of carboxylic acid groups (broad SMARTS) is 1. The lowest BCUT2D eigenvalue weighted by atomic mass is 10.3. The lowest BCUT2D eigenvalue weighted by molar-refractivity contribution is -0.133. The van der Waals surface area contributed by atoms with Gasteiger partial charge in [0, 0.05) is 11.9 Å². The predicted molar refractivity (Wildman–Crippen MR) is 86.8 cm³/mol. The Morgan fingerprint density at radius 3 is 2.23 bits per heavy atom. The van der Waals surface area contributed by atoms with Gasteiger partial charge in [-0.3, -0.25) is 9.10 Å². The van der Waals surface area contributed by atoms with Gasteiger partial charge in [0.1, 0.15) is 0 Å². The smallest absolute Gasteiger partial charge is 0.313 e. The first kappa shape index (κ1) is 16.4. The molecule has 0 atom stereocenters. The van der Waals surface area contributed by atoms with Crippen molar-refractivity contribution in [2.45, 2.75) is 9.79 Å². The lowest BCUT2D eigenvalue weighted by Crippen LogP contribution is -2.26. The highest BCUT2D eigenvalue weighted by molar-refractivity contribution is 8.00. The number of carboxylic acids is 1. The van der Waals surface area contributed by atoms with Crippen molar-refractivity contribution < 1.29 is 18.3 Å². The number of aliphatic carboxylic acids is 1. The number of sulfonamides is 1. The Balaban J connectivity index is 2.21. The third-order valence-electron chi connectivity index (χ3n) is 2.96. The van der Waals surface area contributed by atoms with Gasteiger partial charge in [-0.1, -0.05) is 18.2 Å². The van der Waals surface area contributed by atoms with Gasteiger partial charge in [0.25, 0.3) is 10.0 Å². The first-order valence-electron chi connectivity index (χ1n) is 6.40. The summed E-state index contributed by atoms with van der Waals surface area (Å²) < 4.78 is 26.3. The summed E-state index contributed by atoms with van der Waals surface area (Å²) in [7, 11) is -2.13. The van der Waals surface area contributed by atoms with E-state index in [2.05, 4.69) is 0 Å². The van der Waals surface area contributed by atoms with Gasteiger partial charge < -0.3 is 5.11 Å². The van der Waals surface area contributed by atoms with Crippen molar-refractivity contribution in [3.8, 4) is 0 Å². The van der Waals surface area contributed by atoms with Crippen LogP contribution in [0.15, 0.2) is 64.4 Å². The zero-order chi connectivity index (χ0) is 16.2. The molecule has 0 spiro atoms. The second kappa shape index (κ2) is 6.85. The Labute approximate surface area is 133 Å². The van der Waals surface area contributed by atoms with Crippen molar-refractivity contribution in [2.75, 3.05) is 17.1 Å². The summed E-state index contributed by atoms with van der Waals surface area (Å²) in [4.78, 5) is 11.4. The topological polar surface area (TPSA) is 74.7 Å². The van der Waals surface area contributed by atoms with Crippen LogP contribution >= 0.6 is 11.8 Å². The first-order valence-corrected chi connectivity index (χ1v) is 8.82. The van der Waals surface area contributed by atoms with Gasteiger partial charge >= 0.3 is 5.97 Å². The maximum atomic E-state index is 12.5. The van der Waals surface area contributed by atoms with E-state index in [-0.39, 0.29) is 10.6 Å². The van der Waals surface area contributed by atoms with Crippen LogP contribution in [0.3, 0.4) is 0 Å². The highest BCUT2D eigenvalue weighted by atomic mass is 32.2. The van der Waals surface area contributed by atoms with Gasteiger partial charge in [-0.15, -0.1) is 11.8 Å². The van der Waals surface area contributed by atoms with Crippen molar-refractivity contribution in [3.63, 3.8) is 0 Å². The largest absolute Gasteiger partial charge is 0.481 e. The molecule has 116 valence electrons. The summed E-state index contributed by atoms with van der Waals surface area (Å²) in [6.07, 6.45) is 0. The van der Waals surface area contributed by atoms with E-state index in [1.165, 1.54) is 23.5 Å². The molecule has 0 aliphatic heterocycles. The molecule has 2 rings (SSSR count). The lowest BCUT2D eigenvalue weighted by Gasteiger charge is -2.19. The number of nitrogens with zero attached hydrogens (tertiary/aromatic N) is 1. The van der Waals surface area contributed by atoms with E-state index in [4.69, 9.17) is 5.11 Å². The van der Waals surface area contributed by atoms with E-state index in [9.17, 15) is 13.2 Å². The standard InChI is InChI=1S/C15H15NO4S2/c1-16(12-5-3-2-4-6-12)22(19,20)14-9-7-13(8-10-14)21-11-15(17)18/h2-10H,11H2,1H3,(H,17,18). The SMILES string of the molecule is CN(c1ccccc1)S(=O)(=O)c1ccc(SCC(=O)O)cc1. The Bertz CT molecular complexity index is 743. The van der Waals surface area contributed by atoms with Crippen molar-refractivity contribution in [1.82, 2.24) is 0 Å². The molecule has 0 saturated carbocycles. The summed E-state index contributed by atoms with van der Waals surface area (Å²) >= 11 is 1.14. The van der Waals surface area contributed by atoms with Gasteiger partial charge in [0.2, 0.25) is 0 Å². The molecule has 0 aromatic heterocycles. The molecule has 2 aromatic carbocycles. The molecule has 0 heterocycles. The van der Waals surface area contributed by atoms with E-state index in [1.54, 1.807) is 36.4 Å². The van der Waals surface area contributed by atoms with Crippen LogP contribution in [0.5, 0.6) is 0 Å². The average Bonchev–Trinajstić information content (AvgIpc) is 2.53. The van der Waals surface area contributed by atoms with Gasteiger partial charge in [-0.25, -0.2) is 8.42 Å². The quantitative estimate of drug-likeness (QED) is 0.820. The van der Waals surface area contributed by atoms with Crippen LogP contribution in [-0.4, -0.2) is 32.3 Å². The first-order chi connectivity index (χ1) is 10.4. The van der Waals surface area contributed by atoms with Crippen LogP contribution < -0.4 is 4.31 Å². The van der Waals surface area contributed by atoms with Crippen molar-refractivity contribution in [1.29, 1.82) is 0 Å². The van der Waals surface area contributed by atoms with Gasteiger partial charge in [0.05, 0.1) is 16.3 Å². The molecule has 0 aliphatic carbocycles. The zero-order valence-corrected chi connectivity index (χ0v) is 13.5. The van der Waals surface area contributed by atoms with Gasteiger partial charge in [-0.05, 0) is 36.4 Å². The molecule has 0 unspecified atom stereocenters. The molecule has 0 bridgehead atoms. The third kappa shape index (κ3) is 3.80. The Morgan fingerprint density at radius 1 is 1.09 bits per heavy atom. The number of hydrogen-bond acceptors (Lipinski definition) is 4. The van der Waals surface area contributed by atoms with Crippen molar-refractivity contribution in [2.24, 2.45) is 0 Å². The summed E-state index contributed by atoms with van der Waals surface area (Å²) in [6.45, 7) is 0. The average molecular weight is 337 g/mol. The zero-order valence-electron chi connectivity index (χ0n) is 11.8. The molecule has 0 amide bonds. The number of thioether (sulfide) groups is 1. The highest BCUT2D eigenvalue weighted by Crippen LogP contribution is 2.24. The fourth-order valence-corrected chi connectivity index (χ4v) is 3.60. The highest BCUT2D eigenvalue weighted by Gasteiger charge is 2.20. The number of anilines is 1. The van der Waals surface area contributed by atoms with E-state index in [0.717, 1.165) is 11.8 Å². The minimum atomic E-state index is -3.63. The van der Waals surface area contributed by atoms with E-state index in [0.29, 0.717) is 10.6 Å². The fraction of sp³-hybridized carbons (Fsp3) is 0.133. The second-order valence-corrected chi connectivity index (χ2v) is 7.48. The minimum absolute atomic E-state index is 0.0595. The van der Waals surface area contributed by atoms with Crippen LogP contribution in [0, 0.1) is 0 Å². The molecule has 7 heteroatoms. The summed E-state index contributed by atoms with van der Waals surface area (Å²) in [5, 5.41) is 8.63. The van der Waals surface area contributed by atoms with E-state index in [1.807, 2.05) is 6.07 Å². The molecular weight excluding hydrogens is 322 g/mol. The maximum Gasteiger partial charge on any atom is 0.313 e. The van der Waals surface area contributed by atoms with Gasteiger partial charge in [-0.2, -0.15) is 0 Å². The molecule has 0 saturated heterocycles. The van der Waals surface area contributed by atoms with E-state index < -0.39 is 16.0 Å². The summed E-state index contributed by atoms with van der Waals surface area (Å²) in [5.74, 6) is -0.971. The molecule has 5 nitrogen and oxygen atoms in total. The third-order valence-corrected chi connectivity index (χ3v) is 5.76. The molecule has 2 aromatic rings. The molecular formula is C15H15NO4S2. The Morgan fingerprint density at radius 2 is 1.68 bits per heavy atom.